The molecule has 2 aromatic rings. The van der Waals surface area contributed by atoms with Crippen molar-refractivity contribution in [2.24, 2.45) is 5.92 Å². The van der Waals surface area contributed by atoms with Gasteiger partial charge in [-0.3, -0.25) is 4.79 Å². The van der Waals surface area contributed by atoms with Crippen LogP contribution in [0.1, 0.15) is 18.4 Å². The molecule has 4 rings (SSSR count). The van der Waals surface area contributed by atoms with Gasteiger partial charge in [-0.2, -0.15) is 0 Å². The van der Waals surface area contributed by atoms with Crippen molar-refractivity contribution in [1.29, 1.82) is 0 Å². The molecule has 1 atom stereocenters. The summed E-state index contributed by atoms with van der Waals surface area (Å²) in [4.78, 5) is 16.9. The van der Waals surface area contributed by atoms with Gasteiger partial charge in [-0.25, -0.2) is 4.39 Å². The second-order valence-corrected chi connectivity index (χ2v) is 7.48. The predicted octanol–water partition coefficient (Wildman–Crippen LogP) is 1.99. The van der Waals surface area contributed by atoms with Crippen LogP contribution >= 0.6 is 0 Å². The Morgan fingerprint density at radius 1 is 1.03 bits per heavy atom. The molecule has 0 saturated carbocycles. The van der Waals surface area contributed by atoms with Crippen LogP contribution in [0.4, 0.5) is 16.0 Å². The number of carbonyl (C=O) groups excluding carboxylic acids is 1. The van der Waals surface area contributed by atoms with Crippen molar-refractivity contribution >= 4 is 17.5 Å². The fourth-order valence-electron chi connectivity index (χ4n) is 3.78. The molecule has 8 heteroatoms. The van der Waals surface area contributed by atoms with E-state index >= 15 is 0 Å². The number of morpholine rings is 1. The summed E-state index contributed by atoms with van der Waals surface area (Å²) in [6, 6.07) is 10.2. The molecule has 2 aliphatic heterocycles. The van der Waals surface area contributed by atoms with E-state index in [0.717, 1.165) is 49.7 Å². The van der Waals surface area contributed by atoms with Gasteiger partial charge in [-0.15, -0.1) is 10.2 Å². The lowest BCUT2D eigenvalue weighted by Gasteiger charge is -2.33. The second kappa shape index (κ2) is 9.17. The van der Waals surface area contributed by atoms with Gasteiger partial charge in [0, 0.05) is 32.7 Å². The zero-order chi connectivity index (χ0) is 20.1. The molecule has 2 aliphatic rings. The van der Waals surface area contributed by atoms with Crippen LogP contribution in [0.5, 0.6) is 0 Å². The van der Waals surface area contributed by atoms with Crippen molar-refractivity contribution in [3.05, 3.63) is 47.8 Å². The van der Waals surface area contributed by atoms with Gasteiger partial charge in [0.1, 0.15) is 5.82 Å². The molecule has 2 saturated heterocycles. The number of anilines is 2. The van der Waals surface area contributed by atoms with Crippen molar-refractivity contribution in [3.63, 3.8) is 0 Å². The van der Waals surface area contributed by atoms with Crippen molar-refractivity contribution < 1.29 is 13.9 Å². The first-order valence-electron chi connectivity index (χ1n) is 10.1. The Morgan fingerprint density at radius 2 is 1.72 bits per heavy atom. The lowest BCUT2D eigenvalue weighted by Crippen LogP contribution is -2.43. The van der Waals surface area contributed by atoms with E-state index in [0.29, 0.717) is 26.3 Å². The summed E-state index contributed by atoms with van der Waals surface area (Å²) in [5.41, 5.74) is 0.886. The first kappa shape index (κ1) is 19.6. The first-order chi connectivity index (χ1) is 14.2. The quantitative estimate of drug-likeness (QED) is 0.829. The number of ether oxygens (including phenoxy) is 1. The van der Waals surface area contributed by atoms with Gasteiger partial charge in [-0.1, -0.05) is 12.1 Å². The minimum atomic E-state index is -0.274. The van der Waals surface area contributed by atoms with Gasteiger partial charge in [0.15, 0.2) is 11.6 Å². The van der Waals surface area contributed by atoms with Crippen molar-refractivity contribution in [2.45, 2.75) is 19.4 Å². The molecule has 29 heavy (non-hydrogen) atoms. The molecule has 0 radical (unpaired) electrons. The van der Waals surface area contributed by atoms with Crippen molar-refractivity contribution in [1.82, 2.24) is 15.5 Å². The molecule has 0 unspecified atom stereocenters. The smallest absolute Gasteiger partial charge is 0.225 e. The van der Waals surface area contributed by atoms with E-state index in [1.54, 1.807) is 12.1 Å². The molecule has 2 fully saturated rings. The summed E-state index contributed by atoms with van der Waals surface area (Å²) in [6.45, 7) is 4.98. The van der Waals surface area contributed by atoms with E-state index in [4.69, 9.17) is 4.74 Å². The van der Waals surface area contributed by atoms with Gasteiger partial charge in [0.2, 0.25) is 5.91 Å². The highest BCUT2D eigenvalue weighted by Gasteiger charge is 2.26. The molecule has 3 heterocycles. The molecule has 7 nitrogen and oxygen atoms in total. The fourth-order valence-corrected chi connectivity index (χ4v) is 3.78. The Bertz CT molecular complexity index is 809. The zero-order valence-corrected chi connectivity index (χ0v) is 16.4. The monoisotopic (exact) mass is 399 g/mol. The molecule has 154 valence electrons. The number of rotatable bonds is 5. The van der Waals surface area contributed by atoms with E-state index in [1.165, 1.54) is 12.1 Å². The normalized spacial score (nSPS) is 19.8. The van der Waals surface area contributed by atoms with Gasteiger partial charge in [-0.05, 0) is 42.7 Å². The lowest BCUT2D eigenvalue weighted by molar-refractivity contribution is -0.125. The van der Waals surface area contributed by atoms with Crippen LogP contribution in [0.2, 0.25) is 0 Å². The van der Waals surface area contributed by atoms with Crippen molar-refractivity contribution in [3.8, 4) is 0 Å². The highest BCUT2D eigenvalue weighted by atomic mass is 19.1. The van der Waals surface area contributed by atoms with Crippen LogP contribution in [0.3, 0.4) is 0 Å². The topological polar surface area (TPSA) is 70.6 Å². The number of carbonyl (C=O) groups is 1. The van der Waals surface area contributed by atoms with Gasteiger partial charge < -0.3 is 19.9 Å². The molecule has 1 amide bonds. The summed E-state index contributed by atoms with van der Waals surface area (Å²) in [6.07, 6.45) is 1.78. The van der Waals surface area contributed by atoms with E-state index < -0.39 is 0 Å². The highest BCUT2D eigenvalue weighted by molar-refractivity contribution is 5.79. The zero-order valence-electron chi connectivity index (χ0n) is 16.4. The number of aromatic nitrogens is 2. The highest BCUT2D eigenvalue weighted by Crippen LogP contribution is 2.23. The summed E-state index contributed by atoms with van der Waals surface area (Å²) in [5, 5.41) is 11.7. The minimum Gasteiger partial charge on any atom is -0.378 e. The van der Waals surface area contributed by atoms with E-state index in [9.17, 15) is 9.18 Å². The fraction of sp³-hybridized carbons (Fsp3) is 0.476. The molecule has 1 N–H and O–H groups in total. The van der Waals surface area contributed by atoms with Gasteiger partial charge in [0.05, 0.1) is 19.1 Å². The van der Waals surface area contributed by atoms with E-state index in [1.807, 2.05) is 12.1 Å². The Labute approximate surface area is 169 Å². The van der Waals surface area contributed by atoms with Gasteiger partial charge >= 0.3 is 0 Å². The van der Waals surface area contributed by atoms with Crippen LogP contribution in [-0.4, -0.2) is 55.5 Å². The second-order valence-electron chi connectivity index (χ2n) is 7.48. The SMILES string of the molecule is O=C(NCc1ccc(F)cc1)[C@@H]1CCCN(c2ccc(N3CCOCC3)nn2)C1. The molecular weight excluding hydrogens is 373 g/mol. The van der Waals surface area contributed by atoms with E-state index in [2.05, 4.69) is 25.3 Å². The molecule has 1 aromatic heterocycles. The summed E-state index contributed by atoms with van der Waals surface area (Å²) in [5.74, 6) is 1.33. The van der Waals surface area contributed by atoms with Gasteiger partial charge in [0.25, 0.3) is 0 Å². The number of nitrogens with zero attached hydrogens (tertiary/aromatic N) is 4. The van der Waals surface area contributed by atoms with Crippen LogP contribution in [0.15, 0.2) is 36.4 Å². The maximum atomic E-state index is 13.0. The Kier molecular flexibility index (Phi) is 6.19. The summed E-state index contributed by atoms with van der Waals surface area (Å²) in [7, 11) is 0. The third-order valence-corrected chi connectivity index (χ3v) is 5.47. The summed E-state index contributed by atoms with van der Waals surface area (Å²) < 4.78 is 18.4. The number of halogens is 1. The van der Waals surface area contributed by atoms with Crippen LogP contribution in [0.25, 0.3) is 0 Å². The largest absolute Gasteiger partial charge is 0.378 e. The molecule has 0 spiro atoms. The third-order valence-electron chi connectivity index (χ3n) is 5.47. The average molecular weight is 399 g/mol. The minimum absolute atomic E-state index is 0.0249. The number of benzene rings is 1. The maximum Gasteiger partial charge on any atom is 0.225 e. The average Bonchev–Trinajstić information content (AvgIpc) is 2.79. The molecule has 1 aromatic carbocycles. The Balaban J connectivity index is 1.32. The Hall–Kier alpha value is -2.74. The predicted molar refractivity (Wildman–Crippen MR) is 108 cm³/mol. The lowest BCUT2D eigenvalue weighted by atomic mass is 9.97. The maximum absolute atomic E-state index is 13.0. The number of hydrogen-bond acceptors (Lipinski definition) is 6. The number of piperidine rings is 1. The Morgan fingerprint density at radius 3 is 2.41 bits per heavy atom. The number of amides is 1. The van der Waals surface area contributed by atoms with E-state index in [-0.39, 0.29) is 17.6 Å². The third kappa shape index (κ3) is 5.00. The summed E-state index contributed by atoms with van der Waals surface area (Å²) >= 11 is 0. The first-order valence-corrected chi connectivity index (χ1v) is 10.1. The molecule has 0 aliphatic carbocycles. The number of nitrogens with one attached hydrogen (secondary N) is 1. The van der Waals surface area contributed by atoms with Crippen LogP contribution in [0, 0.1) is 11.7 Å². The molecule has 0 bridgehead atoms. The van der Waals surface area contributed by atoms with Crippen molar-refractivity contribution in [2.75, 3.05) is 49.2 Å². The molecular formula is C21H26FN5O2. The van der Waals surface area contributed by atoms with Crippen LogP contribution < -0.4 is 15.1 Å². The van der Waals surface area contributed by atoms with Crippen LogP contribution in [-0.2, 0) is 16.1 Å². The number of hydrogen-bond donors (Lipinski definition) is 1. The standard InChI is InChI=1S/C21H26FN5O2/c22-18-5-3-16(4-6-18)14-23-21(28)17-2-1-9-27(15-17)20-8-7-19(24-25-20)26-10-12-29-13-11-26/h3-8,17H,1-2,9-15H2,(H,23,28)/t17-/m1/s1.